The summed E-state index contributed by atoms with van der Waals surface area (Å²) in [5, 5.41) is 12.5. The predicted molar refractivity (Wildman–Crippen MR) is 57.6 cm³/mol. The van der Waals surface area contributed by atoms with Crippen LogP contribution in [0, 0.1) is 0 Å². The third-order valence-corrected chi connectivity index (χ3v) is 1.98. The van der Waals surface area contributed by atoms with Crippen molar-refractivity contribution in [2.24, 2.45) is 5.73 Å². The molecule has 92 valence electrons. The van der Waals surface area contributed by atoms with Gasteiger partial charge in [0.1, 0.15) is 6.61 Å². The van der Waals surface area contributed by atoms with E-state index < -0.39 is 18.1 Å². The van der Waals surface area contributed by atoms with E-state index in [9.17, 15) is 14.7 Å². The molecule has 0 heterocycles. The first kappa shape index (κ1) is 16.9. The van der Waals surface area contributed by atoms with Crippen LogP contribution in [-0.4, -0.2) is 24.6 Å². The van der Waals surface area contributed by atoms with Crippen LogP contribution >= 0.6 is 0 Å². The van der Waals surface area contributed by atoms with Gasteiger partial charge in [-0.2, -0.15) is 0 Å². The monoisotopic (exact) mass is 260 g/mol. The average molecular weight is 260 g/mol. The van der Waals surface area contributed by atoms with Gasteiger partial charge in [-0.1, -0.05) is 30.3 Å². The first-order chi connectivity index (χ1) is 8.09. The van der Waals surface area contributed by atoms with E-state index in [0.29, 0.717) is 0 Å². The second-order valence-electron chi connectivity index (χ2n) is 3.37. The van der Waals surface area contributed by atoms with E-state index in [1.807, 2.05) is 18.2 Å². The smallest absolute Gasteiger partial charge is 0.548 e. The van der Waals surface area contributed by atoms with Gasteiger partial charge >= 0.3 is 35.7 Å². The number of nitrogens with one attached hydrogen (secondary N) is 1. The molecule has 18 heavy (non-hydrogen) atoms. The van der Waals surface area contributed by atoms with E-state index in [4.69, 9.17) is 10.5 Å². The fraction of sp³-hybridized carbons (Fsp3) is 0.273. The Morgan fingerprint density at radius 3 is 2.50 bits per heavy atom. The largest absolute Gasteiger partial charge is 1.00 e. The predicted octanol–water partition coefficient (Wildman–Crippen LogP) is -4.01. The molecule has 0 unspecified atom stereocenters. The zero-order valence-corrected chi connectivity index (χ0v) is 12.1. The molecule has 7 heteroatoms. The van der Waals surface area contributed by atoms with Gasteiger partial charge < -0.3 is 25.7 Å². The molecular formula is C11H13N2NaO4. The molecular weight excluding hydrogens is 247 g/mol. The molecule has 0 aliphatic carbocycles. The molecule has 0 bridgehead atoms. The molecule has 3 N–H and O–H groups in total. The SMILES string of the molecule is N[C@@H](CNC(=O)OCc1ccccc1)C(=O)[O-].[Na+]. The van der Waals surface area contributed by atoms with Gasteiger partial charge in [0.15, 0.2) is 0 Å². The summed E-state index contributed by atoms with van der Waals surface area (Å²) in [6, 6.07) is 7.87. The number of hydrogen-bond donors (Lipinski definition) is 2. The van der Waals surface area contributed by atoms with Crippen LogP contribution < -0.4 is 45.7 Å². The van der Waals surface area contributed by atoms with Crippen LogP contribution in [0.5, 0.6) is 0 Å². The quantitative estimate of drug-likeness (QED) is 0.525. The number of ether oxygens (including phenoxy) is 1. The molecule has 1 amide bonds. The minimum Gasteiger partial charge on any atom is -0.548 e. The zero-order chi connectivity index (χ0) is 12.7. The molecule has 0 aliphatic heterocycles. The Balaban J connectivity index is 0.00000289. The second kappa shape index (κ2) is 8.93. The van der Waals surface area contributed by atoms with Crippen LogP contribution in [0.15, 0.2) is 30.3 Å². The third-order valence-electron chi connectivity index (χ3n) is 1.98. The van der Waals surface area contributed by atoms with E-state index in [0.717, 1.165) is 5.56 Å². The summed E-state index contributed by atoms with van der Waals surface area (Å²) in [7, 11) is 0. The molecule has 0 radical (unpaired) electrons. The van der Waals surface area contributed by atoms with Crippen molar-refractivity contribution in [1.82, 2.24) is 5.32 Å². The Bertz CT molecular complexity index is 386. The summed E-state index contributed by atoms with van der Waals surface area (Å²) in [5.74, 6) is -1.42. The number of carboxylic acids is 1. The normalized spacial score (nSPS) is 10.9. The van der Waals surface area contributed by atoms with Crippen molar-refractivity contribution in [2.45, 2.75) is 12.6 Å². The number of carbonyl (C=O) groups is 2. The number of carboxylic acid groups (broad SMARTS) is 1. The van der Waals surface area contributed by atoms with Crippen molar-refractivity contribution in [2.75, 3.05) is 6.54 Å². The molecule has 0 saturated heterocycles. The van der Waals surface area contributed by atoms with Crippen LogP contribution in [0.1, 0.15) is 5.56 Å². The topological polar surface area (TPSA) is 104 Å². The Morgan fingerprint density at radius 2 is 1.94 bits per heavy atom. The van der Waals surface area contributed by atoms with Gasteiger partial charge in [-0.25, -0.2) is 4.79 Å². The number of amides is 1. The van der Waals surface area contributed by atoms with Crippen LogP contribution in [0.4, 0.5) is 4.79 Å². The summed E-state index contributed by atoms with van der Waals surface area (Å²) in [6.45, 7) is -0.108. The molecule has 1 aromatic rings. The van der Waals surface area contributed by atoms with Crippen molar-refractivity contribution in [3.05, 3.63) is 35.9 Å². The van der Waals surface area contributed by atoms with Gasteiger partial charge in [-0.05, 0) is 5.56 Å². The molecule has 0 aliphatic rings. The van der Waals surface area contributed by atoms with Crippen LogP contribution in [0.3, 0.4) is 0 Å². The number of alkyl carbamates (subject to hydrolysis) is 1. The summed E-state index contributed by atoms with van der Waals surface area (Å²) in [6.07, 6.45) is -0.717. The maximum Gasteiger partial charge on any atom is 1.00 e. The number of rotatable bonds is 5. The van der Waals surface area contributed by atoms with E-state index >= 15 is 0 Å². The molecule has 0 fully saturated rings. The summed E-state index contributed by atoms with van der Waals surface area (Å²) < 4.78 is 4.84. The van der Waals surface area contributed by atoms with Crippen molar-refractivity contribution in [1.29, 1.82) is 0 Å². The Labute approximate surface area is 127 Å². The van der Waals surface area contributed by atoms with Crippen molar-refractivity contribution in [3.8, 4) is 0 Å². The number of aliphatic carboxylic acids is 1. The summed E-state index contributed by atoms with van der Waals surface area (Å²) in [4.78, 5) is 21.4. The number of benzene rings is 1. The average Bonchev–Trinajstić information content (AvgIpc) is 2.34. The van der Waals surface area contributed by atoms with Gasteiger partial charge in [0.25, 0.3) is 0 Å². The minimum absolute atomic E-state index is 0. The fourth-order valence-corrected chi connectivity index (χ4v) is 1.05. The molecule has 6 nitrogen and oxygen atoms in total. The molecule has 0 spiro atoms. The van der Waals surface area contributed by atoms with Gasteiger partial charge in [0.2, 0.25) is 0 Å². The molecule has 1 atom stereocenters. The zero-order valence-electron chi connectivity index (χ0n) is 10.1. The summed E-state index contributed by atoms with van der Waals surface area (Å²) in [5.41, 5.74) is 5.98. The molecule has 1 rings (SSSR count). The summed E-state index contributed by atoms with van der Waals surface area (Å²) >= 11 is 0. The van der Waals surface area contributed by atoms with Crippen LogP contribution in [-0.2, 0) is 16.1 Å². The molecule has 0 aromatic heterocycles. The van der Waals surface area contributed by atoms with Crippen molar-refractivity contribution >= 4 is 12.1 Å². The molecule has 1 aromatic carbocycles. The van der Waals surface area contributed by atoms with Gasteiger partial charge in [0, 0.05) is 6.54 Å². The van der Waals surface area contributed by atoms with E-state index in [2.05, 4.69) is 5.32 Å². The maximum absolute atomic E-state index is 11.1. The maximum atomic E-state index is 11.1. The van der Waals surface area contributed by atoms with Gasteiger partial charge in [-0.3, -0.25) is 0 Å². The standard InChI is InChI=1S/C11H14N2O4.Na/c12-9(10(14)15)6-13-11(16)17-7-8-4-2-1-3-5-8;/h1-5,9H,6-7,12H2,(H,13,16)(H,14,15);/q;+1/p-1/t9-;/m0./s1. The Kier molecular flexibility index (Phi) is 8.40. The van der Waals surface area contributed by atoms with Crippen LogP contribution in [0.2, 0.25) is 0 Å². The first-order valence-electron chi connectivity index (χ1n) is 5.00. The van der Waals surface area contributed by atoms with Crippen LogP contribution in [0.25, 0.3) is 0 Å². The third kappa shape index (κ3) is 6.61. The van der Waals surface area contributed by atoms with E-state index in [1.165, 1.54) is 0 Å². The van der Waals surface area contributed by atoms with E-state index in [-0.39, 0.29) is 42.7 Å². The van der Waals surface area contributed by atoms with Crippen molar-refractivity contribution in [3.63, 3.8) is 0 Å². The first-order valence-corrected chi connectivity index (χ1v) is 5.00. The molecule has 0 saturated carbocycles. The Morgan fingerprint density at radius 1 is 1.33 bits per heavy atom. The number of nitrogens with two attached hydrogens (primary N) is 1. The second-order valence-corrected chi connectivity index (χ2v) is 3.37. The Hall–Kier alpha value is -1.08. The minimum atomic E-state index is -1.42. The van der Waals surface area contributed by atoms with Gasteiger partial charge in [-0.15, -0.1) is 0 Å². The van der Waals surface area contributed by atoms with Gasteiger partial charge in [0.05, 0.1) is 12.0 Å². The van der Waals surface area contributed by atoms with E-state index in [1.54, 1.807) is 12.1 Å². The number of carbonyl (C=O) groups excluding carboxylic acids is 2. The fourth-order valence-electron chi connectivity index (χ4n) is 1.05. The number of hydrogen-bond acceptors (Lipinski definition) is 5. The van der Waals surface area contributed by atoms with Crippen molar-refractivity contribution < 1.29 is 49.0 Å².